The van der Waals surface area contributed by atoms with Crippen molar-refractivity contribution in [3.63, 3.8) is 0 Å². The second-order valence-electron chi connectivity index (χ2n) is 5.88. The molecule has 1 amide bonds. The summed E-state index contributed by atoms with van der Waals surface area (Å²) in [4.78, 5) is 17.7. The number of ether oxygens (including phenoxy) is 2. The SMILES string of the molecule is CCOC(=O)N1CCC(NC(=NC)NCCCOC(C)C)CC1. The summed E-state index contributed by atoms with van der Waals surface area (Å²) in [5.41, 5.74) is 0. The molecule has 0 aromatic rings. The van der Waals surface area contributed by atoms with Crippen molar-refractivity contribution in [1.29, 1.82) is 0 Å². The Balaban J connectivity index is 2.21. The van der Waals surface area contributed by atoms with Gasteiger partial charge in [0.1, 0.15) is 0 Å². The van der Waals surface area contributed by atoms with Crippen molar-refractivity contribution < 1.29 is 14.3 Å². The molecule has 0 radical (unpaired) electrons. The molecule has 0 aromatic carbocycles. The van der Waals surface area contributed by atoms with Crippen molar-refractivity contribution in [2.24, 2.45) is 4.99 Å². The minimum absolute atomic E-state index is 0.210. The number of carbonyl (C=O) groups excluding carboxylic acids is 1. The van der Waals surface area contributed by atoms with Gasteiger partial charge in [0, 0.05) is 39.3 Å². The van der Waals surface area contributed by atoms with Crippen molar-refractivity contribution in [3.8, 4) is 0 Å². The summed E-state index contributed by atoms with van der Waals surface area (Å²) in [5, 5.41) is 6.71. The van der Waals surface area contributed by atoms with Crippen molar-refractivity contribution in [1.82, 2.24) is 15.5 Å². The monoisotopic (exact) mass is 328 g/mol. The zero-order valence-corrected chi connectivity index (χ0v) is 14.9. The smallest absolute Gasteiger partial charge is 0.409 e. The fourth-order valence-electron chi connectivity index (χ4n) is 2.41. The van der Waals surface area contributed by atoms with Gasteiger partial charge < -0.3 is 25.0 Å². The molecule has 7 nitrogen and oxygen atoms in total. The number of rotatable bonds is 7. The second kappa shape index (κ2) is 11.1. The summed E-state index contributed by atoms with van der Waals surface area (Å²) in [7, 11) is 1.77. The van der Waals surface area contributed by atoms with E-state index in [0.29, 0.717) is 12.6 Å². The Morgan fingerprint density at radius 2 is 2.04 bits per heavy atom. The molecule has 134 valence electrons. The van der Waals surface area contributed by atoms with Gasteiger partial charge in [-0.05, 0) is 40.0 Å². The van der Waals surface area contributed by atoms with E-state index in [1.807, 2.05) is 20.8 Å². The fourth-order valence-corrected chi connectivity index (χ4v) is 2.41. The van der Waals surface area contributed by atoms with Crippen molar-refractivity contribution in [2.75, 3.05) is 39.9 Å². The predicted molar refractivity (Wildman–Crippen MR) is 91.8 cm³/mol. The zero-order chi connectivity index (χ0) is 17.1. The highest BCUT2D eigenvalue weighted by Gasteiger charge is 2.23. The lowest BCUT2D eigenvalue weighted by atomic mass is 10.1. The maximum Gasteiger partial charge on any atom is 0.409 e. The van der Waals surface area contributed by atoms with Crippen LogP contribution in [0.3, 0.4) is 0 Å². The molecule has 0 bridgehead atoms. The standard InChI is InChI=1S/C16H32N4O3/c1-5-22-16(21)20-10-7-14(8-11-20)19-15(17-4)18-9-6-12-23-13(2)3/h13-14H,5-12H2,1-4H3,(H2,17,18,19). The first kappa shape index (κ1) is 19.5. The van der Waals surface area contributed by atoms with E-state index in [0.717, 1.165) is 51.5 Å². The van der Waals surface area contributed by atoms with E-state index in [-0.39, 0.29) is 12.2 Å². The van der Waals surface area contributed by atoms with Crippen LogP contribution in [-0.4, -0.2) is 69.0 Å². The molecule has 1 aliphatic heterocycles. The number of hydrogen-bond acceptors (Lipinski definition) is 4. The van der Waals surface area contributed by atoms with Crippen LogP contribution in [0, 0.1) is 0 Å². The zero-order valence-electron chi connectivity index (χ0n) is 14.9. The second-order valence-corrected chi connectivity index (χ2v) is 5.88. The average Bonchev–Trinajstić information content (AvgIpc) is 2.54. The Kier molecular flexibility index (Phi) is 9.43. The third kappa shape index (κ3) is 8.06. The number of carbonyl (C=O) groups is 1. The predicted octanol–water partition coefficient (Wildman–Crippen LogP) is 1.59. The van der Waals surface area contributed by atoms with Gasteiger partial charge in [0.15, 0.2) is 5.96 Å². The van der Waals surface area contributed by atoms with Gasteiger partial charge >= 0.3 is 6.09 Å². The van der Waals surface area contributed by atoms with Gasteiger partial charge in [0.05, 0.1) is 12.7 Å². The number of aliphatic imine (C=N–C) groups is 1. The van der Waals surface area contributed by atoms with Gasteiger partial charge in [0.2, 0.25) is 0 Å². The van der Waals surface area contributed by atoms with Crippen LogP contribution in [0.1, 0.15) is 40.0 Å². The first-order valence-electron chi connectivity index (χ1n) is 8.57. The van der Waals surface area contributed by atoms with Gasteiger partial charge in [0.25, 0.3) is 0 Å². The molecule has 2 N–H and O–H groups in total. The van der Waals surface area contributed by atoms with Gasteiger partial charge in [-0.2, -0.15) is 0 Å². The summed E-state index contributed by atoms with van der Waals surface area (Å²) in [6, 6.07) is 0.332. The van der Waals surface area contributed by atoms with Crippen LogP contribution in [0.4, 0.5) is 4.79 Å². The molecule has 0 unspecified atom stereocenters. The van der Waals surface area contributed by atoms with Gasteiger partial charge in [-0.25, -0.2) is 4.79 Å². The summed E-state index contributed by atoms with van der Waals surface area (Å²) < 4.78 is 10.5. The molecule has 0 aliphatic carbocycles. The highest BCUT2D eigenvalue weighted by Crippen LogP contribution is 2.11. The van der Waals surface area contributed by atoms with E-state index in [9.17, 15) is 4.79 Å². The summed E-state index contributed by atoms with van der Waals surface area (Å²) in [6.07, 6.45) is 2.81. The average molecular weight is 328 g/mol. The van der Waals surface area contributed by atoms with Crippen molar-refractivity contribution in [3.05, 3.63) is 0 Å². The Labute approximate surface area is 139 Å². The first-order chi connectivity index (χ1) is 11.1. The van der Waals surface area contributed by atoms with Crippen LogP contribution >= 0.6 is 0 Å². The minimum atomic E-state index is -0.210. The van der Waals surface area contributed by atoms with Gasteiger partial charge in [-0.3, -0.25) is 4.99 Å². The Bertz CT molecular complexity index is 366. The molecular weight excluding hydrogens is 296 g/mol. The number of amides is 1. The molecule has 0 atom stereocenters. The Morgan fingerprint density at radius 1 is 1.35 bits per heavy atom. The molecule has 23 heavy (non-hydrogen) atoms. The number of nitrogens with zero attached hydrogens (tertiary/aromatic N) is 2. The van der Waals surface area contributed by atoms with Crippen LogP contribution in [0.15, 0.2) is 4.99 Å². The summed E-state index contributed by atoms with van der Waals surface area (Å²) >= 11 is 0. The molecule has 1 rings (SSSR count). The lowest BCUT2D eigenvalue weighted by Gasteiger charge is -2.32. The molecule has 1 aliphatic rings. The quantitative estimate of drug-likeness (QED) is 0.422. The van der Waals surface area contributed by atoms with Gasteiger partial charge in [-0.1, -0.05) is 0 Å². The minimum Gasteiger partial charge on any atom is -0.450 e. The summed E-state index contributed by atoms with van der Waals surface area (Å²) in [5.74, 6) is 0.809. The van der Waals surface area contributed by atoms with Crippen LogP contribution < -0.4 is 10.6 Å². The molecule has 7 heteroatoms. The molecule has 1 saturated heterocycles. The highest BCUT2D eigenvalue weighted by atomic mass is 16.6. The lowest BCUT2D eigenvalue weighted by Crippen LogP contribution is -2.50. The molecule has 0 saturated carbocycles. The number of likely N-dealkylation sites (tertiary alicyclic amines) is 1. The molecule has 0 aromatic heterocycles. The number of piperidine rings is 1. The molecule has 1 heterocycles. The topological polar surface area (TPSA) is 75.2 Å². The third-order valence-electron chi connectivity index (χ3n) is 3.65. The van der Waals surface area contributed by atoms with Crippen molar-refractivity contribution >= 4 is 12.1 Å². The largest absolute Gasteiger partial charge is 0.450 e. The van der Waals surface area contributed by atoms with E-state index in [1.54, 1.807) is 11.9 Å². The Hall–Kier alpha value is -1.50. The van der Waals surface area contributed by atoms with Crippen LogP contribution in [0.25, 0.3) is 0 Å². The third-order valence-corrected chi connectivity index (χ3v) is 3.65. The van der Waals surface area contributed by atoms with Gasteiger partial charge in [-0.15, -0.1) is 0 Å². The first-order valence-corrected chi connectivity index (χ1v) is 8.57. The Morgan fingerprint density at radius 3 is 2.61 bits per heavy atom. The van der Waals surface area contributed by atoms with Crippen LogP contribution in [0.5, 0.6) is 0 Å². The number of hydrogen-bond donors (Lipinski definition) is 2. The lowest BCUT2D eigenvalue weighted by molar-refractivity contribution is 0.0776. The summed E-state index contributed by atoms with van der Waals surface area (Å²) in [6.45, 7) is 9.34. The highest BCUT2D eigenvalue weighted by molar-refractivity contribution is 5.80. The van der Waals surface area contributed by atoms with Crippen molar-refractivity contribution in [2.45, 2.75) is 52.2 Å². The normalized spacial score (nSPS) is 16.6. The van der Waals surface area contributed by atoms with E-state index < -0.39 is 0 Å². The van der Waals surface area contributed by atoms with E-state index >= 15 is 0 Å². The molecule has 1 fully saturated rings. The van der Waals surface area contributed by atoms with E-state index in [1.165, 1.54) is 0 Å². The van der Waals surface area contributed by atoms with E-state index in [2.05, 4.69) is 15.6 Å². The van der Waals surface area contributed by atoms with Crippen LogP contribution in [-0.2, 0) is 9.47 Å². The maximum absolute atomic E-state index is 11.7. The van der Waals surface area contributed by atoms with Crippen LogP contribution in [0.2, 0.25) is 0 Å². The fraction of sp³-hybridized carbons (Fsp3) is 0.875. The molecule has 0 spiro atoms. The maximum atomic E-state index is 11.7. The number of nitrogens with one attached hydrogen (secondary N) is 2. The number of guanidine groups is 1. The van der Waals surface area contributed by atoms with E-state index in [4.69, 9.17) is 9.47 Å². The molecular formula is C16H32N4O3.